The minimum Gasteiger partial charge on any atom is -0.393 e. The molecular weight excluding hydrogens is 388 g/mol. The number of aliphatic hydroxyl groups excluding tert-OH is 2. The Balaban J connectivity index is 1.78. The lowest BCUT2D eigenvalue weighted by molar-refractivity contribution is -0.155. The molecule has 7 atom stereocenters. The van der Waals surface area contributed by atoms with Crippen molar-refractivity contribution in [3.05, 3.63) is 36.0 Å². The van der Waals surface area contributed by atoms with Crippen LogP contribution in [0.3, 0.4) is 0 Å². The second-order valence-corrected chi connectivity index (χ2v) is 11.5. The first kappa shape index (κ1) is 24.7. The van der Waals surface area contributed by atoms with Gasteiger partial charge >= 0.3 is 0 Å². The highest BCUT2D eigenvalue weighted by Crippen LogP contribution is 2.61. The summed E-state index contributed by atoms with van der Waals surface area (Å²) in [6, 6.07) is 0. The fraction of sp³-hybridized carbons (Fsp3) is 0.778. The molecule has 2 unspecified atom stereocenters. The van der Waals surface area contributed by atoms with Crippen molar-refractivity contribution < 1.29 is 20.4 Å². The van der Waals surface area contributed by atoms with Gasteiger partial charge in [0.2, 0.25) is 0 Å². The van der Waals surface area contributed by atoms with E-state index in [1.807, 2.05) is 13.8 Å². The molecule has 0 saturated heterocycles. The minimum atomic E-state index is -1.13. The molecule has 0 bridgehead atoms. The van der Waals surface area contributed by atoms with Gasteiger partial charge < -0.3 is 20.4 Å². The van der Waals surface area contributed by atoms with E-state index in [0.29, 0.717) is 31.1 Å². The van der Waals surface area contributed by atoms with Crippen LogP contribution in [-0.2, 0) is 0 Å². The zero-order chi connectivity index (χ0) is 23.0. The van der Waals surface area contributed by atoms with Crippen molar-refractivity contribution >= 4 is 0 Å². The Bertz CT molecular complexity index is 717. The van der Waals surface area contributed by atoms with Gasteiger partial charge in [-0.05, 0) is 106 Å². The summed E-state index contributed by atoms with van der Waals surface area (Å²) in [6.45, 7) is 12.3. The maximum atomic E-state index is 11.8. The van der Waals surface area contributed by atoms with Gasteiger partial charge in [0.05, 0.1) is 17.3 Å². The van der Waals surface area contributed by atoms with E-state index < -0.39 is 17.3 Å². The van der Waals surface area contributed by atoms with Gasteiger partial charge in [-0.25, -0.2) is 0 Å². The van der Waals surface area contributed by atoms with E-state index >= 15 is 0 Å². The van der Waals surface area contributed by atoms with E-state index in [2.05, 4.69) is 32.6 Å². The Morgan fingerprint density at radius 2 is 1.94 bits per heavy atom. The molecule has 4 heteroatoms. The topological polar surface area (TPSA) is 80.9 Å². The van der Waals surface area contributed by atoms with Crippen LogP contribution in [0.2, 0.25) is 0 Å². The highest BCUT2D eigenvalue weighted by Gasteiger charge is 2.59. The first-order chi connectivity index (χ1) is 14.4. The van der Waals surface area contributed by atoms with Gasteiger partial charge in [0, 0.05) is 0 Å². The average molecular weight is 433 g/mol. The molecule has 0 aliphatic heterocycles. The maximum Gasteiger partial charge on any atom is 0.102 e. The molecule has 3 rings (SSSR count). The second-order valence-electron chi connectivity index (χ2n) is 11.5. The van der Waals surface area contributed by atoms with Gasteiger partial charge in [0.15, 0.2) is 0 Å². The van der Waals surface area contributed by atoms with Crippen molar-refractivity contribution in [2.24, 2.45) is 23.2 Å². The minimum absolute atomic E-state index is 0.0198. The molecular formula is C27H44O4. The summed E-state index contributed by atoms with van der Waals surface area (Å²) in [4.78, 5) is 0. The van der Waals surface area contributed by atoms with E-state index in [1.165, 1.54) is 0 Å². The van der Waals surface area contributed by atoms with Crippen LogP contribution in [0, 0.1) is 23.2 Å². The van der Waals surface area contributed by atoms with Crippen LogP contribution in [0.4, 0.5) is 0 Å². The van der Waals surface area contributed by atoms with Crippen molar-refractivity contribution in [1.82, 2.24) is 0 Å². The quantitative estimate of drug-likeness (QED) is 0.460. The van der Waals surface area contributed by atoms with E-state index in [1.54, 1.807) is 6.08 Å². The molecule has 4 N–H and O–H groups in total. The maximum absolute atomic E-state index is 11.8. The lowest BCUT2D eigenvalue weighted by Gasteiger charge is -2.52. The van der Waals surface area contributed by atoms with Gasteiger partial charge in [-0.2, -0.15) is 0 Å². The Hall–Kier alpha value is -0.940. The van der Waals surface area contributed by atoms with Crippen molar-refractivity contribution in [1.29, 1.82) is 0 Å². The number of aliphatic hydroxyl groups is 4. The van der Waals surface area contributed by atoms with Crippen molar-refractivity contribution in [2.75, 3.05) is 0 Å². The summed E-state index contributed by atoms with van der Waals surface area (Å²) < 4.78 is 0. The summed E-state index contributed by atoms with van der Waals surface area (Å²) in [5, 5.41) is 43.1. The molecule has 0 aromatic heterocycles. The highest BCUT2D eigenvalue weighted by molar-refractivity contribution is 5.33. The molecule has 0 amide bonds. The van der Waals surface area contributed by atoms with Crippen molar-refractivity contribution in [3.8, 4) is 0 Å². The Kier molecular flexibility index (Phi) is 7.27. The molecule has 3 aliphatic carbocycles. The fourth-order valence-corrected chi connectivity index (χ4v) is 6.82. The lowest BCUT2D eigenvalue weighted by atomic mass is 9.56. The van der Waals surface area contributed by atoms with Crippen molar-refractivity contribution in [3.63, 3.8) is 0 Å². The molecule has 0 spiro atoms. The predicted octanol–water partition coefficient (Wildman–Crippen LogP) is 4.68. The third-order valence-electron chi connectivity index (χ3n) is 8.56. The number of hydrogen-bond acceptors (Lipinski definition) is 4. The predicted molar refractivity (Wildman–Crippen MR) is 125 cm³/mol. The molecule has 0 radical (unpaired) electrons. The summed E-state index contributed by atoms with van der Waals surface area (Å²) in [7, 11) is 0. The van der Waals surface area contributed by atoms with Crippen LogP contribution in [0.25, 0.3) is 0 Å². The molecule has 0 aromatic rings. The van der Waals surface area contributed by atoms with Crippen LogP contribution in [-0.4, -0.2) is 43.8 Å². The molecule has 4 nitrogen and oxygen atoms in total. The molecule has 3 fully saturated rings. The normalized spacial score (nSPS) is 40.3. The zero-order valence-electron chi connectivity index (χ0n) is 20.0. The van der Waals surface area contributed by atoms with Gasteiger partial charge in [0.1, 0.15) is 6.10 Å². The van der Waals surface area contributed by atoms with Crippen LogP contribution in [0.5, 0.6) is 0 Å². The van der Waals surface area contributed by atoms with E-state index in [0.717, 1.165) is 49.7 Å². The third-order valence-corrected chi connectivity index (χ3v) is 8.56. The standard InChI is InChI=1S/C27H44O4/c1-18-9-10-21(28)16-20(18)17-24(29)27(31)15-7-14-26(5)22(11-12-23(26)27)19(2)8-6-13-25(3,4)30/h6,8,17,19,21-24,28-31H,1,7,9-16H2,2-5H3/b8-6+,20-17-/t19-,21+,22-,23-,24?,26-,27?/m1/s1. The second kappa shape index (κ2) is 9.13. The SMILES string of the molecule is C=C1CC[C@H](O)C/C1=C/C(O)C1(O)CCC[C@]2(C)[C@@H]([C@H](C)/C=C/CC(C)(C)O)CC[C@@H]12. The number of rotatable bonds is 6. The van der Waals surface area contributed by atoms with Crippen LogP contribution < -0.4 is 0 Å². The summed E-state index contributed by atoms with van der Waals surface area (Å²) in [5.74, 6) is 0.870. The molecule has 0 aromatic carbocycles. The first-order valence-corrected chi connectivity index (χ1v) is 12.2. The van der Waals surface area contributed by atoms with Gasteiger partial charge in [0.25, 0.3) is 0 Å². The first-order valence-electron chi connectivity index (χ1n) is 12.2. The molecule has 0 heterocycles. The zero-order valence-corrected chi connectivity index (χ0v) is 20.0. The smallest absolute Gasteiger partial charge is 0.102 e. The number of hydrogen-bond donors (Lipinski definition) is 4. The van der Waals surface area contributed by atoms with Crippen LogP contribution >= 0.6 is 0 Å². The van der Waals surface area contributed by atoms with Crippen molar-refractivity contribution in [2.45, 2.75) is 109 Å². The van der Waals surface area contributed by atoms with Gasteiger partial charge in [-0.1, -0.05) is 38.2 Å². The van der Waals surface area contributed by atoms with Gasteiger partial charge in [-0.3, -0.25) is 0 Å². The lowest BCUT2D eigenvalue weighted by Crippen LogP contribution is -2.56. The Labute approximate surface area is 188 Å². The summed E-state index contributed by atoms with van der Waals surface area (Å²) in [6.07, 6.45) is 12.0. The van der Waals surface area contributed by atoms with E-state index in [-0.39, 0.29) is 17.4 Å². The Morgan fingerprint density at radius 1 is 1.23 bits per heavy atom. The average Bonchev–Trinajstić information content (AvgIpc) is 3.02. The van der Waals surface area contributed by atoms with Gasteiger partial charge in [-0.15, -0.1) is 0 Å². The largest absolute Gasteiger partial charge is 0.393 e. The fourth-order valence-electron chi connectivity index (χ4n) is 6.82. The molecule has 3 aliphatic rings. The highest BCUT2D eigenvalue weighted by atomic mass is 16.3. The van der Waals surface area contributed by atoms with E-state index in [4.69, 9.17) is 0 Å². The monoisotopic (exact) mass is 432 g/mol. The Morgan fingerprint density at radius 3 is 2.61 bits per heavy atom. The molecule has 176 valence electrons. The third kappa shape index (κ3) is 5.19. The number of allylic oxidation sites excluding steroid dienone is 2. The van der Waals surface area contributed by atoms with Crippen LogP contribution in [0.1, 0.15) is 85.5 Å². The molecule has 31 heavy (non-hydrogen) atoms. The summed E-state index contributed by atoms with van der Waals surface area (Å²) in [5.41, 5.74) is 0.0329. The molecule has 3 saturated carbocycles. The van der Waals surface area contributed by atoms with Crippen LogP contribution in [0.15, 0.2) is 36.0 Å². The number of fused-ring (bicyclic) bond motifs is 1. The summed E-state index contributed by atoms with van der Waals surface area (Å²) >= 11 is 0. The van der Waals surface area contributed by atoms with E-state index in [9.17, 15) is 20.4 Å².